The van der Waals surface area contributed by atoms with Crippen LogP contribution in [0.15, 0.2) is 28.8 Å². The minimum absolute atomic E-state index is 0.00317. The molecule has 0 bridgehead atoms. The molecule has 2 N–H and O–H groups in total. The van der Waals surface area contributed by atoms with Gasteiger partial charge in [0.25, 0.3) is 0 Å². The van der Waals surface area contributed by atoms with Gasteiger partial charge in [-0.1, -0.05) is 29.4 Å². The van der Waals surface area contributed by atoms with Gasteiger partial charge in [0.15, 0.2) is 11.5 Å². The van der Waals surface area contributed by atoms with Crippen LogP contribution in [0.3, 0.4) is 0 Å². The molecule has 0 unspecified atom stereocenters. The number of esters is 1. The van der Waals surface area contributed by atoms with Gasteiger partial charge in [0.05, 0.1) is 11.8 Å². The molecule has 150 valence electrons. The van der Waals surface area contributed by atoms with E-state index in [1.54, 1.807) is 19.1 Å². The molecule has 2 aromatic rings. The number of ether oxygens (including phenoxy) is 1. The number of aromatic nitrogens is 1. The summed E-state index contributed by atoms with van der Waals surface area (Å²) < 4.78 is 22.3. The number of hydrogen-bond acceptors (Lipinski definition) is 6. The SMILES string of the molecule is CCOC(=O)c1noc(C2CC2)c1C(=O)c1ccccc1C(C)(C)P(=O)(O)O. The summed E-state index contributed by atoms with van der Waals surface area (Å²) in [7, 11) is -4.58. The Morgan fingerprint density at radius 3 is 2.50 bits per heavy atom. The monoisotopic (exact) mass is 407 g/mol. The highest BCUT2D eigenvalue weighted by atomic mass is 31.2. The number of carbonyl (C=O) groups is 2. The Bertz CT molecular complexity index is 968. The van der Waals surface area contributed by atoms with Gasteiger partial charge in [-0.3, -0.25) is 9.36 Å². The highest BCUT2D eigenvalue weighted by Crippen LogP contribution is 2.57. The Hall–Kier alpha value is -2.28. The summed E-state index contributed by atoms with van der Waals surface area (Å²) in [5, 5.41) is 2.16. The second-order valence-electron chi connectivity index (χ2n) is 7.24. The molecule has 1 saturated carbocycles. The molecule has 8 nitrogen and oxygen atoms in total. The molecule has 9 heteroatoms. The van der Waals surface area contributed by atoms with Crippen LogP contribution in [0.2, 0.25) is 0 Å². The van der Waals surface area contributed by atoms with E-state index in [1.807, 2.05) is 0 Å². The van der Waals surface area contributed by atoms with E-state index in [4.69, 9.17) is 9.26 Å². The molecule has 0 saturated heterocycles. The van der Waals surface area contributed by atoms with Crippen molar-refractivity contribution in [3.63, 3.8) is 0 Å². The van der Waals surface area contributed by atoms with Crippen LogP contribution in [0.1, 0.15) is 77.3 Å². The van der Waals surface area contributed by atoms with Gasteiger partial charge in [-0.05, 0) is 39.2 Å². The first-order chi connectivity index (χ1) is 13.1. The predicted octanol–water partition coefficient (Wildman–Crippen LogP) is 3.37. The second-order valence-corrected chi connectivity index (χ2v) is 9.45. The fourth-order valence-electron chi connectivity index (χ4n) is 2.99. The van der Waals surface area contributed by atoms with E-state index in [-0.39, 0.29) is 34.9 Å². The van der Waals surface area contributed by atoms with E-state index < -0.39 is 24.5 Å². The molecule has 1 aromatic carbocycles. The van der Waals surface area contributed by atoms with Crippen molar-refractivity contribution in [2.45, 2.75) is 44.7 Å². The van der Waals surface area contributed by atoms with E-state index >= 15 is 0 Å². The fourth-order valence-corrected chi connectivity index (χ4v) is 3.50. The Morgan fingerprint density at radius 1 is 1.29 bits per heavy atom. The van der Waals surface area contributed by atoms with Gasteiger partial charge in [0.2, 0.25) is 5.69 Å². The molecule has 1 heterocycles. The Morgan fingerprint density at radius 2 is 1.93 bits per heavy atom. The van der Waals surface area contributed by atoms with Gasteiger partial charge in [-0.2, -0.15) is 0 Å². The zero-order valence-corrected chi connectivity index (χ0v) is 16.7. The van der Waals surface area contributed by atoms with Gasteiger partial charge in [0, 0.05) is 11.5 Å². The van der Waals surface area contributed by atoms with Crippen LogP contribution in [0, 0.1) is 0 Å². The molecule has 0 amide bonds. The number of ketones is 1. The molecule has 0 atom stereocenters. The molecule has 1 aliphatic carbocycles. The van der Waals surface area contributed by atoms with Crippen molar-refractivity contribution in [3.05, 3.63) is 52.4 Å². The second kappa shape index (κ2) is 7.28. The van der Waals surface area contributed by atoms with Crippen LogP contribution in [-0.2, 0) is 14.5 Å². The highest BCUT2D eigenvalue weighted by Gasteiger charge is 2.43. The van der Waals surface area contributed by atoms with Crippen LogP contribution in [0.5, 0.6) is 0 Å². The third kappa shape index (κ3) is 3.55. The van der Waals surface area contributed by atoms with Gasteiger partial charge in [-0.15, -0.1) is 0 Å². The summed E-state index contributed by atoms with van der Waals surface area (Å²) in [6.45, 7) is 4.50. The quantitative estimate of drug-likeness (QED) is 0.406. The van der Waals surface area contributed by atoms with Gasteiger partial charge in [-0.25, -0.2) is 4.79 Å². The van der Waals surface area contributed by atoms with Gasteiger partial charge >= 0.3 is 13.6 Å². The van der Waals surface area contributed by atoms with E-state index in [0.717, 1.165) is 12.8 Å². The molecule has 0 radical (unpaired) electrons. The number of nitrogens with zero attached hydrogens (tertiary/aromatic N) is 1. The van der Waals surface area contributed by atoms with Crippen LogP contribution in [0.25, 0.3) is 0 Å². The summed E-state index contributed by atoms with van der Waals surface area (Å²) >= 11 is 0. The molecule has 0 aliphatic heterocycles. The molecule has 0 spiro atoms. The number of hydrogen-bond donors (Lipinski definition) is 2. The van der Waals surface area contributed by atoms with Crippen LogP contribution < -0.4 is 0 Å². The average Bonchev–Trinajstić information content (AvgIpc) is 3.38. The Kier molecular flexibility index (Phi) is 5.32. The maximum absolute atomic E-state index is 13.4. The lowest BCUT2D eigenvalue weighted by molar-refractivity contribution is 0.0512. The van der Waals surface area contributed by atoms with E-state index in [1.165, 1.54) is 26.0 Å². The lowest BCUT2D eigenvalue weighted by Crippen LogP contribution is -2.22. The maximum atomic E-state index is 13.4. The zero-order chi connectivity index (χ0) is 20.7. The molecule has 1 aliphatic rings. The normalized spacial score (nSPS) is 14.8. The topological polar surface area (TPSA) is 127 Å². The zero-order valence-electron chi connectivity index (χ0n) is 15.8. The van der Waals surface area contributed by atoms with Crippen molar-refractivity contribution in [1.82, 2.24) is 5.16 Å². The van der Waals surface area contributed by atoms with Crippen molar-refractivity contribution < 1.29 is 33.2 Å². The summed E-state index contributed by atoms with van der Waals surface area (Å²) in [6.07, 6.45) is 1.63. The third-order valence-corrected chi connectivity index (χ3v) is 6.62. The molecular weight excluding hydrogens is 385 g/mol. The van der Waals surface area contributed by atoms with E-state index in [9.17, 15) is 23.9 Å². The van der Waals surface area contributed by atoms with Crippen molar-refractivity contribution >= 4 is 19.3 Å². The summed E-state index contributed by atoms with van der Waals surface area (Å²) in [6, 6.07) is 6.18. The Balaban J connectivity index is 2.16. The van der Waals surface area contributed by atoms with E-state index in [2.05, 4.69) is 5.16 Å². The predicted molar refractivity (Wildman–Crippen MR) is 99.4 cm³/mol. The molecule has 1 fully saturated rings. The first-order valence-corrected chi connectivity index (χ1v) is 10.6. The summed E-state index contributed by atoms with van der Waals surface area (Å²) in [5.74, 6) is -1.02. The van der Waals surface area contributed by atoms with Gasteiger partial charge < -0.3 is 19.0 Å². The lowest BCUT2D eigenvalue weighted by atomic mass is 9.90. The van der Waals surface area contributed by atoms with Crippen molar-refractivity contribution in [3.8, 4) is 0 Å². The van der Waals surface area contributed by atoms with Crippen molar-refractivity contribution in [1.29, 1.82) is 0 Å². The number of carbonyl (C=O) groups excluding carboxylic acids is 2. The minimum Gasteiger partial charge on any atom is -0.461 e. The average molecular weight is 407 g/mol. The van der Waals surface area contributed by atoms with Crippen LogP contribution >= 0.6 is 7.60 Å². The summed E-state index contributed by atoms with van der Waals surface area (Å²) in [4.78, 5) is 45.3. The van der Waals surface area contributed by atoms with Crippen molar-refractivity contribution in [2.75, 3.05) is 6.61 Å². The number of rotatable bonds is 7. The smallest absolute Gasteiger partial charge is 0.361 e. The molecule has 3 rings (SSSR count). The fraction of sp³-hybridized carbons (Fsp3) is 0.421. The first-order valence-electron chi connectivity index (χ1n) is 8.96. The van der Waals surface area contributed by atoms with E-state index in [0.29, 0.717) is 5.76 Å². The molecule has 1 aromatic heterocycles. The summed E-state index contributed by atoms with van der Waals surface area (Å²) in [5.41, 5.74) is 0.0741. The standard InChI is InChI=1S/C19H22NO7P/c1-4-26-18(22)15-14(17(27-20-15)11-9-10-11)16(21)12-7-5-6-8-13(12)19(2,3)28(23,24)25/h5-8,11H,4,9-10H2,1-3H3,(H2,23,24,25). The van der Waals surface area contributed by atoms with Crippen LogP contribution in [-0.4, -0.2) is 33.3 Å². The third-order valence-electron chi connectivity index (χ3n) is 4.92. The highest BCUT2D eigenvalue weighted by molar-refractivity contribution is 7.53. The van der Waals surface area contributed by atoms with Gasteiger partial charge in [0.1, 0.15) is 5.56 Å². The number of benzene rings is 1. The maximum Gasteiger partial charge on any atom is 0.361 e. The minimum atomic E-state index is -4.58. The molecule has 28 heavy (non-hydrogen) atoms. The largest absolute Gasteiger partial charge is 0.461 e. The lowest BCUT2D eigenvalue weighted by Gasteiger charge is -2.28. The first kappa shape index (κ1) is 20.5. The van der Waals surface area contributed by atoms with Crippen LogP contribution in [0.4, 0.5) is 0 Å². The van der Waals surface area contributed by atoms with Crippen molar-refractivity contribution in [2.24, 2.45) is 0 Å². The Labute approximate surface area is 162 Å². The molecular formula is C19H22NO7P.